The Balaban J connectivity index is 0.816. The zero-order valence-electron chi connectivity index (χ0n) is 41.5. The van der Waals surface area contributed by atoms with Crippen LogP contribution in [0.5, 0.6) is 0 Å². The van der Waals surface area contributed by atoms with Crippen LogP contribution in [-0.4, -0.2) is 111 Å². The van der Waals surface area contributed by atoms with Crippen LogP contribution in [0.15, 0.2) is 72.8 Å². The van der Waals surface area contributed by atoms with E-state index in [9.17, 15) is 34.0 Å². The number of carbonyl (C=O) groups is 6. The first kappa shape index (κ1) is 55.4. The number of nitrogens with zero attached hydrogens (tertiary/aromatic N) is 2. The maximum absolute atomic E-state index is 16.1. The average molecular weight is 1060 g/mol. The summed E-state index contributed by atoms with van der Waals surface area (Å²) in [5.74, 6) is -6.01. The molecular formula is C54H59Cl2F2N7O9. The van der Waals surface area contributed by atoms with Gasteiger partial charge in [-0.2, -0.15) is 5.26 Å². The van der Waals surface area contributed by atoms with E-state index in [1.807, 2.05) is 20.8 Å². The van der Waals surface area contributed by atoms with Crippen LogP contribution >= 0.6 is 23.2 Å². The highest BCUT2D eigenvalue weighted by molar-refractivity contribution is 6.31. The fourth-order valence-electron chi connectivity index (χ4n) is 9.79. The minimum atomic E-state index is -1.79. The van der Waals surface area contributed by atoms with E-state index in [1.165, 1.54) is 30.3 Å². The maximum atomic E-state index is 16.1. The standard InChI is InChI=1S/C54H59Cl2F2N7O9/c1-31-27-32(13-16-39(31)62-50(69)47-45(35-10-5-11-37(56)46(35)58)54(30-59,42(63-47)29-53(2,3)4)36-15-14-33(55)28-38(36)57)48(67)61-20-8-22-73-24-26-74-25-23-72-21-7-19-60-40-12-6-9-34-44(40)52(71)65(51(34)70)41-17-18-43(66)64-49(41)68/h5-6,9-16,27-28,41-42,45,47,60,63H,7-8,17-26,29H2,1-4H3,(H,61,67)(H,62,69)(H,64,66,68)/t41?,42-,45-,47+,54-/m0/s1. The quantitative estimate of drug-likeness (QED) is 0.0380. The van der Waals surface area contributed by atoms with E-state index in [1.54, 1.807) is 43.3 Å². The van der Waals surface area contributed by atoms with Crippen molar-refractivity contribution >= 4 is 70.0 Å². The number of hydrogen-bond acceptors (Lipinski definition) is 12. The summed E-state index contributed by atoms with van der Waals surface area (Å²) in [5.41, 5.74) is -0.0871. The minimum absolute atomic E-state index is 0.0263. The van der Waals surface area contributed by atoms with Gasteiger partial charge >= 0.3 is 0 Å². The van der Waals surface area contributed by atoms with Gasteiger partial charge in [0.25, 0.3) is 17.7 Å². The van der Waals surface area contributed by atoms with Crippen molar-refractivity contribution in [1.82, 2.24) is 20.9 Å². The van der Waals surface area contributed by atoms with Crippen molar-refractivity contribution in [3.63, 3.8) is 0 Å². The third-order valence-corrected chi connectivity index (χ3v) is 13.7. The van der Waals surface area contributed by atoms with E-state index < -0.39 is 76.0 Å². The summed E-state index contributed by atoms with van der Waals surface area (Å²) in [6, 6.07) is 17.2. The van der Waals surface area contributed by atoms with E-state index in [0.717, 1.165) is 11.0 Å². The van der Waals surface area contributed by atoms with Gasteiger partial charge in [-0.15, -0.1) is 0 Å². The highest BCUT2D eigenvalue weighted by Crippen LogP contribution is 2.53. The minimum Gasteiger partial charge on any atom is -0.384 e. The number of piperidine rings is 1. The Morgan fingerprint density at radius 2 is 1.55 bits per heavy atom. The number of benzene rings is 4. The molecule has 1 unspecified atom stereocenters. The second-order valence-electron chi connectivity index (χ2n) is 19.6. The first-order valence-corrected chi connectivity index (χ1v) is 25.2. The Morgan fingerprint density at radius 3 is 2.22 bits per heavy atom. The first-order valence-electron chi connectivity index (χ1n) is 24.4. The van der Waals surface area contributed by atoms with Crippen LogP contribution in [0.3, 0.4) is 0 Å². The SMILES string of the molecule is Cc1cc(C(=O)NCCCOCCOCCOCCCNc2cccc3c2C(=O)N(C2CCC(=O)NC2=O)C3=O)ccc1NC(=O)[C@@H]1N[C@@H](CC(C)(C)C)[C@](C#N)(c2ccc(Cl)cc2F)[C@H]1c1cccc(Cl)c1F. The molecule has 0 aromatic heterocycles. The molecule has 0 spiro atoms. The van der Waals surface area contributed by atoms with Gasteiger partial charge in [-0.1, -0.05) is 68.2 Å². The predicted octanol–water partition coefficient (Wildman–Crippen LogP) is 7.61. The van der Waals surface area contributed by atoms with Gasteiger partial charge < -0.3 is 35.5 Å². The molecule has 3 heterocycles. The van der Waals surface area contributed by atoms with Crippen molar-refractivity contribution in [3.05, 3.63) is 128 Å². The molecule has 0 aliphatic carbocycles. The highest BCUT2D eigenvalue weighted by Gasteiger charge is 2.61. The summed E-state index contributed by atoms with van der Waals surface area (Å²) in [4.78, 5) is 78.8. The number of hydrogen-bond donors (Lipinski definition) is 5. The summed E-state index contributed by atoms with van der Waals surface area (Å²) in [7, 11) is 0. The third kappa shape index (κ3) is 12.4. The van der Waals surface area contributed by atoms with Gasteiger partial charge in [0, 0.05) is 72.2 Å². The number of fused-ring (bicyclic) bond motifs is 1. The number of halogens is 4. The van der Waals surface area contributed by atoms with E-state index in [2.05, 4.69) is 32.7 Å². The average Bonchev–Trinajstić information content (AvgIpc) is 3.80. The molecule has 3 aliphatic rings. The number of aryl methyl sites for hydroxylation is 1. The van der Waals surface area contributed by atoms with Crippen LogP contribution in [0.4, 0.5) is 20.2 Å². The van der Waals surface area contributed by atoms with Crippen LogP contribution < -0.4 is 26.6 Å². The molecule has 7 rings (SSSR count). The Hall–Kier alpha value is -6.33. The molecule has 16 nitrogen and oxygen atoms in total. The van der Waals surface area contributed by atoms with E-state index >= 15 is 8.78 Å². The third-order valence-electron chi connectivity index (χ3n) is 13.2. The number of rotatable bonds is 22. The lowest BCUT2D eigenvalue weighted by Crippen LogP contribution is -2.54. The monoisotopic (exact) mass is 1060 g/mol. The highest BCUT2D eigenvalue weighted by atomic mass is 35.5. The zero-order chi connectivity index (χ0) is 53.3. The largest absolute Gasteiger partial charge is 0.384 e. The number of amides is 6. The van der Waals surface area contributed by atoms with Gasteiger partial charge in [0.15, 0.2) is 0 Å². The number of nitriles is 1. The van der Waals surface area contributed by atoms with Crippen molar-refractivity contribution in [1.29, 1.82) is 5.26 Å². The Labute approximate surface area is 438 Å². The van der Waals surface area contributed by atoms with E-state index in [0.29, 0.717) is 94.5 Å². The lowest BCUT2D eigenvalue weighted by molar-refractivity contribution is -0.136. The molecule has 2 fully saturated rings. The number of ether oxygens (including phenoxy) is 3. The predicted molar refractivity (Wildman–Crippen MR) is 273 cm³/mol. The summed E-state index contributed by atoms with van der Waals surface area (Å²) in [6.07, 6.45) is 1.57. The van der Waals surface area contributed by atoms with Crippen LogP contribution in [0.25, 0.3) is 0 Å². The smallest absolute Gasteiger partial charge is 0.264 e. The van der Waals surface area contributed by atoms with Gasteiger partial charge in [-0.05, 0) is 97.7 Å². The van der Waals surface area contributed by atoms with Gasteiger partial charge in [-0.3, -0.25) is 39.0 Å². The van der Waals surface area contributed by atoms with Crippen LogP contribution in [0, 0.1) is 35.3 Å². The molecule has 3 aliphatic heterocycles. The molecule has 74 heavy (non-hydrogen) atoms. The fourth-order valence-corrected chi connectivity index (χ4v) is 10.1. The summed E-state index contributed by atoms with van der Waals surface area (Å²) in [5, 5.41) is 25.5. The number of nitrogens with one attached hydrogen (secondary N) is 5. The summed E-state index contributed by atoms with van der Waals surface area (Å²) in [6.45, 7) is 10.5. The molecule has 392 valence electrons. The molecule has 0 saturated carbocycles. The van der Waals surface area contributed by atoms with Crippen molar-refractivity contribution in [2.75, 3.05) is 63.4 Å². The lowest BCUT2D eigenvalue weighted by atomic mass is 9.62. The molecule has 4 aromatic rings. The zero-order valence-corrected chi connectivity index (χ0v) is 43.0. The fraction of sp³-hybridized carbons (Fsp3) is 0.426. The molecule has 20 heteroatoms. The molecule has 0 radical (unpaired) electrons. The molecule has 5 atom stereocenters. The van der Waals surface area contributed by atoms with Crippen molar-refractivity contribution in [2.45, 2.75) is 89.3 Å². The number of anilines is 2. The second-order valence-corrected chi connectivity index (χ2v) is 20.5. The Bertz CT molecular complexity index is 2840. The number of imide groups is 2. The van der Waals surface area contributed by atoms with Gasteiger partial charge in [0.1, 0.15) is 23.1 Å². The maximum Gasteiger partial charge on any atom is 0.264 e. The van der Waals surface area contributed by atoms with Crippen molar-refractivity contribution in [2.24, 2.45) is 5.41 Å². The van der Waals surface area contributed by atoms with Gasteiger partial charge in [0.2, 0.25) is 17.7 Å². The van der Waals surface area contributed by atoms with Crippen molar-refractivity contribution in [3.8, 4) is 6.07 Å². The van der Waals surface area contributed by atoms with E-state index in [-0.39, 0.29) is 51.0 Å². The topological polar surface area (TPSA) is 217 Å². The number of carbonyl (C=O) groups excluding carboxylic acids is 6. The molecule has 4 aromatic carbocycles. The van der Waals surface area contributed by atoms with Gasteiger partial charge in [-0.25, -0.2) is 8.78 Å². The van der Waals surface area contributed by atoms with Crippen LogP contribution in [-0.2, 0) is 34.0 Å². The second kappa shape index (κ2) is 24.3. The molecule has 2 saturated heterocycles. The summed E-state index contributed by atoms with van der Waals surface area (Å²) < 4.78 is 49.0. The normalized spacial score (nSPS) is 20.6. The molecule has 0 bridgehead atoms. The van der Waals surface area contributed by atoms with Crippen molar-refractivity contribution < 1.29 is 51.8 Å². The Kier molecular flexibility index (Phi) is 18.2. The summed E-state index contributed by atoms with van der Waals surface area (Å²) >= 11 is 12.4. The van der Waals surface area contributed by atoms with E-state index in [4.69, 9.17) is 37.4 Å². The van der Waals surface area contributed by atoms with Crippen LogP contribution in [0.1, 0.15) is 107 Å². The van der Waals surface area contributed by atoms with Crippen LogP contribution in [0.2, 0.25) is 10.0 Å². The first-order chi connectivity index (χ1) is 35.4. The molecular weight excluding hydrogens is 1000 g/mol. The molecule has 5 N–H and O–H groups in total. The Morgan fingerprint density at radius 1 is 0.865 bits per heavy atom. The molecule has 6 amide bonds. The lowest BCUT2D eigenvalue weighted by Gasteiger charge is -2.37. The van der Waals surface area contributed by atoms with Gasteiger partial charge in [0.05, 0.1) is 54.7 Å².